The third-order valence-corrected chi connectivity index (χ3v) is 2.99. The molecule has 3 nitrogen and oxygen atoms in total. The number of carbonyl (C=O) groups is 1. The number of carboxylic acid groups (broad SMARTS) is 1. The van der Waals surface area contributed by atoms with Crippen molar-refractivity contribution in [2.45, 2.75) is 24.7 Å². The normalized spacial score (nSPS) is 25.4. The van der Waals surface area contributed by atoms with Crippen molar-refractivity contribution >= 4 is 5.97 Å². The molecule has 2 rings (SSSR count). The summed E-state index contributed by atoms with van der Waals surface area (Å²) in [6, 6.07) is 5.92. The summed E-state index contributed by atoms with van der Waals surface area (Å²) < 4.78 is 31.7. The van der Waals surface area contributed by atoms with Crippen molar-refractivity contribution in [2.75, 3.05) is 6.61 Å². The van der Waals surface area contributed by atoms with E-state index in [-0.39, 0.29) is 5.56 Å². The fourth-order valence-electron chi connectivity index (χ4n) is 1.98. The average molecular weight is 242 g/mol. The van der Waals surface area contributed by atoms with Gasteiger partial charge >= 0.3 is 5.97 Å². The zero-order valence-corrected chi connectivity index (χ0v) is 9.24. The Morgan fingerprint density at radius 2 is 2.18 bits per heavy atom. The molecule has 1 saturated carbocycles. The maximum Gasteiger partial charge on any atom is 0.320 e. The fourth-order valence-corrected chi connectivity index (χ4v) is 1.98. The van der Waals surface area contributed by atoms with Crippen molar-refractivity contribution < 1.29 is 23.4 Å². The molecule has 5 heteroatoms. The molecule has 1 aromatic carbocycles. The topological polar surface area (TPSA) is 46.5 Å². The maximum atomic E-state index is 13.3. The first kappa shape index (κ1) is 11.8. The smallest absolute Gasteiger partial charge is 0.320 e. The van der Waals surface area contributed by atoms with E-state index in [1.54, 1.807) is 13.0 Å². The first-order valence-electron chi connectivity index (χ1n) is 5.28. The lowest BCUT2D eigenvalue weighted by Gasteiger charge is -2.13. The summed E-state index contributed by atoms with van der Waals surface area (Å²) in [6.07, 6.45) is -0.648. The van der Waals surface area contributed by atoms with E-state index in [2.05, 4.69) is 0 Å². The molecule has 1 aliphatic rings. The second-order valence-electron chi connectivity index (χ2n) is 4.05. The van der Waals surface area contributed by atoms with Crippen molar-refractivity contribution in [1.29, 1.82) is 0 Å². The van der Waals surface area contributed by atoms with Gasteiger partial charge in [0.15, 0.2) is 5.41 Å². The monoisotopic (exact) mass is 242 g/mol. The lowest BCUT2D eigenvalue weighted by Crippen LogP contribution is -2.27. The van der Waals surface area contributed by atoms with Gasteiger partial charge in [-0.05, 0) is 24.6 Å². The first-order chi connectivity index (χ1) is 7.94. The zero-order valence-electron chi connectivity index (χ0n) is 9.24. The molecule has 1 aliphatic carbocycles. The van der Waals surface area contributed by atoms with E-state index in [4.69, 9.17) is 9.84 Å². The number of hydrogen-bond donors (Lipinski definition) is 1. The average Bonchev–Trinajstić information content (AvgIpc) is 2.84. The van der Waals surface area contributed by atoms with Gasteiger partial charge in [-0.25, -0.2) is 8.78 Å². The Labute approximate surface area is 97.0 Å². The largest absolute Gasteiger partial charge is 0.494 e. The molecule has 1 fully saturated rings. The van der Waals surface area contributed by atoms with Gasteiger partial charge in [0.2, 0.25) is 0 Å². The molecule has 1 N–H and O–H groups in total. The highest BCUT2D eigenvalue weighted by atomic mass is 19.3. The lowest BCUT2D eigenvalue weighted by molar-refractivity contribution is -0.142. The number of rotatable bonds is 4. The standard InChI is InChI=1S/C12H12F2O3/c1-2-17-9-5-3-4-8(6-9)11(10(15)16)7-12(11,13)14/h3-6H,2,7H2,1H3,(H,15,16). The van der Waals surface area contributed by atoms with Gasteiger partial charge in [0.05, 0.1) is 6.61 Å². The van der Waals surface area contributed by atoms with Gasteiger partial charge in [-0.1, -0.05) is 12.1 Å². The Morgan fingerprint density at radius 1 is 1.53 bits per heavy atom. The number of hydrogen-bond acceptors (Lipinski definition) is 2. The molecule has 17 heavy (non-hydrogen) atoms. The van der Waals surface area contributed by atoms with Crippen LogP contribution < -0.4 is 4.74 Å². The molecule has 0 saturated heterocycles. The second-order valence-corrected chi connectivity index (χ2v) is 4.05. The molecule has 0 radical (unpaired) electrons. The summed E-state index contributed by atoms with van der Waals surface area (Å²) in [4.78, 5) is 11.0. The van der Waals surface area contributed by atoms with Gasteiger partial charge in [-0.15, -0.1) is 0 Å². The summed E-state index contributed by atoms with van der Waals surface area (Å²) in [5.41, 5.74) is -1.97. The van der Waals surface area contributed by atoms with Crippen molar-refractivity contribution in [3.05, 3.63) is 29.8 Å². The predicted octanol–water partition coefficient (Wildman–Crippen LogP) is 2.45. The Hall–Kier alpha value is -1.65. The third-order valence-electron chi connectivity index (χ3n) is 2.99. The highest BCUT2D eigenvalue weighted by Crippen LogP contribution is 2.61. The van der Waals surface area contributed by atoms with Crippen LogP contribution in [0.15, 0.2) is 24.3 Å². The molecule has 1 unspecified atom stereocenters. The van der Waals surface area contributed by atoms with Crippen LogP contribution >= 0.6 is 0 Å². The molecular weight excluding hydrogens is 230 g/mol. The summed E-state index contributed by atoms with van der Waals surface area (Å²) in [6.45, 7) is 2.17. The zero-order chi connectivity index (χ0) is 12.7. The maximum absolute atomic E-state index is 13.3. The number of alkyl halides is 2. The Kier molecular flexibility index (Phi) is 2.56. The Bertz CT molecular complexity index is 459. The van der Waals surface area contributed by atoms with Gasteiger partial charge in [0, 0.05) is 6.42 Å². The van der Waals surface area contributed by atoms with E-state index in [0.717, 1.165) is 0 Å². The molecular formula is C12H12F2O3. The van der Waals surface area contributed by atoms with Crippen LogP contribution in [0.3, 0.4) is 0 Å². The van der Waals surface area contributed by atoms with Crippen LogP contribution in [0.4, 0.5) is 8.78 Å². The van der Waals surface area contributed by atoms with Crippen LogP contribution in [0.1, 0.15) is 18.9 Å². The van der Waals surface area contributed by atoms with Crippen LogP contribution in [-0.2, 0) is 10.2 Å². The molecule has 0 aliphatic heterocycles. The van der Waals surface area contributed by atoms with E-state index < -0.39 is 23.7 Å². The quantitative estimate of drug-likeness (QED) is 0.882. The minimum absolute atomic E-state index is 0.0981. The van der Waals surface area contributed by atoms with Crippen LogP contribution in [-0.4, -0.2) is 23.6 Å². The number of ether oxygens (including phenoxy) is 1. The molecule has 0 spiro atoms. The molecule has 0 bridgehead atoms. The lowest BCUT2D eigenvalue weighted by atomic mass is 9.95. The molecule has 0 amide bonds. The third kappa shape index (κ3) is 1.66. The van der Waals surface area contributed by atoms with Crippen molar-refractivity contribution in [1.82, 2.24) is 0 Å². The minimum atomic E-state index is -3.18. The predicted molar refractivity (Wildman–Crippen MR) is 56.5 cm³/mol. The number of carboxylic acids is 1. The van der Waals surface area contributed by atoms with Gasteiger partial charge in [-0.2, -0.15) is 0 Å². The van der Waals surface area contributed by atoms with Crippen molar-refractivity contribution in [3.63, 3.8) is 0 Å². The van der Waals surface area contributed by atoms with Gasteiger partial charge in [0.25, 0.3) is 5.92 Å². The van der Waals surface area contributed by atoms with Crippen LogP contribution in [0, 0.1) is 0 Å². The summed E-state index contributed by atoms with van der Waals surface area (Å²) >= 11 is 0. The fraction of sp³-hybridized carbons (Fsp3) is 0.417. The highest BCUT2D eigenvalue weighted by Gasteiger charge is 2.77. The SMILES string of the molecule is CCOc1cccc(C2(C(=O)O)CC2(F)F)c1. The molecule has 92 valence electrons. The summed E-state index contributed by atoms with van der Waals surface area (Å²) in [7, 11) is 0. The van der Waals surface area contributed by atoms with E-state index in [1.165, 1.54) is 18.2 Å². The second kappa shape index (κ2) is 3.68. The van der Waals surface area contributed by atoms with E-state index >= 15 is 0 Å². The van der Waals surface area contributed by atoms with Crippen LogP contribution in [0.2, 0.25) is 0 Å². The minimum Gasteiger partial charge on any atom is -0.494 e. The van der Waals surface area contributed by atoms with E-state index in [0.29, 0.717) is 12.4 Å². The van der Waals surface area contributed by atoms with E-state index in [9.17, 15) is 13.6 Å². The molecule has 1 aromatic rings. The number of benzene rings is 1. The van der Waals surface area contributed by atoms with Gasteiger partial charge in [-0.3, -0.25) is 4.79 Å². The summed E-state index contributed by atoms with van der Waals surface area (Å²) in [5.74, 6) is -4.26. The summed E-state index contributed by atoms with van der Waals surface area (Å²) in [5, 5.41) is 8.99. The van der Waals surface area contributed by atoms with E-state index in [1.807, 2.05) is 0 Å². The van der Waals surface area contributed by atoms with Gasteiger partial charge in [0.1, 0.15) is 5.75 Å². The van der Waals surface area contributed by atoms with Crippen LogP contribution in [0.5, 0.6) is 5.75 Å². The molecule has 1 atom stereocenters. The number of halogens is 2. The molecule has 0 aromatic heterocycles. The van der Waals surface area contributed by atoms with Crippen molar-refractivity contribution in [2.24, 2.45) is 0 Å². The Balaban J connectivity index is 2.40. The van der Waals surface area contributed by atoms with Gasteiger partial charge < -0.3 is 9.84 Å². The first-order valence-corrected chi connectivity index (χ1v) is 5.28. The van der Waals surface area contributed by atoms with Crippen molar-refractivity contribution in [3.8, 4) is 5.75 Å². The Morgan fingerprint density at radius 3 is 2.65 bits per heavy atom. The molecule has 0 heterocycles. The van der Waals surface area contributed by atoms with Crippen LogP contribution in [0.25, 0.3) is 0 Å². The highest BCUT2D eigenvalue weighted by molar-refractivity contribution is 5.87. The number of aliphatic carboxylic acids is 1.